The van der Waals surface area contributed by atoms with Crippen molar-refractivity contribution in [3.8, 4) is 11.5 Å². The number of guanidine groups is 1. The van der Waals surface area contributed by atoms with Crippen molar-refractivity contribution in [1.29, 1.82) is 0 Å². The number of fused-ring (bicyclic) bond motifs is 1. The minimum absolute atomic E-state index is 0.0594. The molecule has 1 aromatic carbocycles. The number of aromatic nitrogens is 1. The highest BCUT2D eigenvalue weighted by Crippen LogP contribution is 2.38. The van der Waals surface area contributed by atoms with Crippen LogP contribution in [0, 0.1) is 0 Å². The van der Waals surface area contributed by atoms with E-state index < -0.39 is 0 Å². The molecule has 2 N–H and O–H groups in total. The van der Waals surface area contributed by atoms with Gasteiger partial charge in [0.15, 0.2) is 17.5 Å². The number of oxazole rings is 1. The lowest BCUT2D eigenvalue weighted by Crippen LogP contribution is -2.37. The zero-order valence-corrected chi connectivity index (χ0v) is 17.5. The smallest absolute Gasteiger partial charge is 0.213 e. The average Bonchev–Trinajstić information content (AvgIpc) is 3.14. The molecule has 0 amide bonds. The van der Waals surface area contributed by atoms with Crippen molar-refractivity contribution in [2.24, 2.45) is 4.99 Å². The summed E-state index contributed by atoms with van der Waals surface area (Å²) in [6, 6.07) is 3.88. The molecule has 3 rings (SSSR count). The SMILES string of the molecule is CN=C(NCCc1cc(Cl)c2c(c1)OCCO2)NCc1ncc(C(C)(C)C)o1. The Hall–Kier alpha value is -2.41. The Balaban J connectivity index is 1.49. The molecule has 0 fully saturated rings. The Morgan fingerprint density at radius 2 is 2.00 bits per heavy atom. The molecule has 0 bridgehead atoms. The maximum Gasteiger partial charge on any atom is 0.213 e. The number of halogens is 1. The van der Waals surface area contributed by atoms with Crippen LogP contribution < -0.4 is 20.1 Å². The number of aliphatic imine (C=N–C) groups is 1. The maximum atomic E-state index is 6.29. The third-order valence-corrected chi connectivity index (χ3v) is 4.57. The van der Waals surface area contributed by atoms with Gasteiger partial charge in [-0.15, -0.1) is 0 Å². The van der Waals surface area contributed by atoms with E-state index in [2.05, 4.69) is 41.4 Å². The molecule has 28 heavy (non-hydrogen) atoms. The van der Waals surface area contributed by atoms with Crippen LogP contribution >= 0.6 is 11.6 Å². The van der Waals surface area contributed by atoms with Gasteiger partial charge < -0.3 is 24.5 Å². The van der Waals surface area contributed by atoms with Crippen molar-refractivity contribution >= 4 is 17.6 Å². The minimum atomic E-state index is -0.0594. The summed E-state index contributed by atoms with van der Waals surface area (Å²) in [6.45, 7) is 8.50. The van der Waals surface area contributed by atoms with E-state index in [1.165, 1.54) is 0 Å². The summed E-state index contributed by atoms with van der Waals surface area (Å²) in [6.07, 6.45) is 2.54. The van der Waals surface area contributed by atoms with Gasteiger partial charge in [0.05, 0.1) is 17.8 Å². The number of nitrogens with one attached hydrogen (secondary N) is 2. The van der Waals surface area contributed by atoms with Crippen molar-refractivity contribution in [1.82, 2.24) is 15.6 Å². The van der Waals surface area contributed by atoms with Crippen LogP contribution in [0.2, 0.25) is 5.02 Å². The second-order valence-corrected chi connectivity index (χ2v) is 7.98. The van der Waals surface area contributed by atoms with E-state index in [1.54, 1.807) is 13.2 Å². The van der Waals surface area contributed by atoms with Gasteiger partial charge >= 0.3 is 0 Å². The van der Waals surface area contributed by atoms with Crippen LogP contribution in [0.3, 0.4) is 0 Å². The van der Waals surface area contributed by atoms with E-state index in [0.29, 0.717) is 54.7 Å². The van der Waals surface area contributed by atoms with E-state index in [9.17, 15) is 0 Å². The first-order valence-electron chi connectivity index (χ1n) is 9.34. The molecule has 2 aromatic rings. The first-order valence-corrected chi connectivity index (χ1v) is 9.72. The predicted molar refractivity (Wildman–Crippen MR) is 110 cm³/mol. The summed E-state index contributed by atoms with van der Waals surface area (Å²) in [5, 5.41) is 7.07. The van der Waals surface area contributed by atoms with Gasteiger partial charge in [-0.05, 0) is 24.1 Å². The number of hydrogen-bond donors (Lipinski definition) is 2. The number of hydrogen-bond acceptors (Lipinski definition) is 5. The first kappa shape index (κ1) is 20.3. The van der Waals surface area contributed by atoms with Crippen LogP contribution in [-0.2, 0) is 18.4 Å². The zero-order valence-electron chi connectivity index (χ0n) is 16.8. The third-order valence-electron chi connectivity index (χ3n) is 4.29. The lowest BCUT2D eigenvalue weighted by Gasteiger charge is -2.20. The molecule has 0 spiro atoms. The van der Waals surface area contributed by atoms with E-state index in [4.69, 9.17) is 25.5 Å². The number of benzene rings is 1. The molecule has 1 aromatic heterocycles. The Bertz CT molecular complexity index is 842. The van der Waals surface area contributed by atoms with Gasteiger partial charge in [0, 0.05) is 19.0 Å². The third kappa shape index (κ3) is 5.10. The van der Waals surface area contributed by atoms with Crippen LogP contribution in [-0.4, -0.2) is 37.7 Å². The summed E-state index contributed by atoms with van der Waals surface area (Å²) in [5.41, 5.74) is 1.01. The van der Waals surface area contributed by atoms with Gasteiger partial charge in [-0.3, -0.25) is 4.99 Å². The minimum Gasteiger partial charge on any atom is -0.486 e. The zero-order chi connectivity index (χ0) is 20.1. The van der Waals surface area contributed by atoms with E-state index in [-0.39, 0.29) is 5.41 Å². The second-order valence-electron chi connectivity index (χ2n) is 7.57. The van der Waals surface area contributed by atoms with Crippen LogP contribution in [0.15, 0.2) is 27.7 Å². The maximum absolute atomic E-state index is 6.29. The monoisotopic (exact) mass is 406 g/mol. The fourth-order valence-electron chi connectivity index (χ4n) is 2.75. The lowest BCUT2D eigenvalue weighted by atomic mass is 9.94. The molecule has 2 heterocycles. The molecule has 0 saturated carbocycles. The molecule has 1 aliphatic heterocycles. The van der Waals surface area contributed by atoms with Crippen LogP contribution in [0.1, 0.15) is 38.0 Å². The van der Waals surface area contributed by atoms with E-state index in [0.717, 1.165) is 17.7 Å². The summed E-state index contributed by atoms with van der Waals surface area (Å²) < 4.78 is 17.0. The van der Waals surface area contributed by atoms with Gasteiger partial charge in [0.25, 0.3) is 0 Å². The summed E-state index contributed by atoms with van der Waals surface area (Å²) in [7, 11) is 1.73. The van der Waals surface area contributed by atoms with Crippen LogP contribution in [0.5, 0.6) is 11.5 Å². The molecular weight excluding hydrogens is 380 g/mol. The molecule has 8 heteroatoms. The van der Waals surface area contributed by atoms with Gasteiger partial charge in [0.2, 0.25) is 5.89 Å². The molecule has 0 aliphatic carbocycles. The normalized spacial score (nSPS) is 14.1. The quantitative estimate of drug-likeness (QED) is 0.585. The largest absolute Gasteiger partial charge is 0.486 e. The van der Waals surface area contributed by atoms with Gasteiger partial charge in [-0.2, -0.15) is 0 Å². The Morgan fingerprint density at radius 3 is 2.71 bits per heavy atom. The number of ether oxygens (including phenoxy) is 2. The first-order chi connectivity index (χ1) is 13.4. The summed E-state index contributed by atoms with van der Waals surface area (Å²) >= 11 is 6.29. The molecule has 0 atom stereocenters. The molecule has 7 nitrogen and oxygen atoms in total. The molecule has 0 saturated heterocycles. The molecular formula is C20H27ClN4O3. The van der Waals surface area contributed by atoms with Crippen molar-refractivity contribution in [3.63, 3.8) is 0 Å². The highest BCUT2D eigenvalue weighted by Gasteiger charge is 2.19. The van der Waals surface area contributed by atoms with Gasteiger partial charge in [0.1, 0.15) is 19.0 Å². The summed E-state index contributed by atoms with van der Waals surface area (Å²) in [4.78, 5) is 8.55. The molecule has 152 valence electrons. The molecule has 0 radical (unpaired) electrons. The number of rotatable bonds is 5. The molecule has 1 aliphatic rings. The van der Waals surface area contributed by atoms with Crippen LogP contribution in [0.4, 0.5) is 0 Å². The topological polar surface area (TPSA) is 80.9 Å². The lowest BCUT2D eigenvalue weighted by molar-refractivity contribution is 0.171. The Morgan fingerprint density at radius 1 is 1.21 bits per heavy atom. The number of nitrogens with zero attached hydrogens (tertiary/aromatic N) is 2. The standard InChI is InChI=1S/C20H27ClN4O3/c1-20(2,3)16-11-24-17(28-16)12-25-19(22-4)23-6-5-13-9-14(21)18-15(10-13)26-7-8-27-18/h9-11H,5-8,12H2,1-4H3,(H2,22,23,25). The highest BCUT2D eigenvalue weighted by atomic mass is 35.5. The average molecular weight is 407 g/mol. The van der Waals surface area contributed by atoms with Gasteiger partial charge in [-0.1, -0.05) is 32.4 Å². The summed E-state index contributed by atoms with van der Waals surface area (Å²) in [5.74, 6) is 3.51. The second kappa shape index (κ2) is 8.73. The molecule has 0 unspecified atom stereocenters. The van der Waals surface area contributed by atoms with Crippen molar-refractivity contribution in [3.05, 3.63) is 40.6 Å². The van der Waals surface area contributed by atoms with E-state index >= 15 is 0 Å². The fraction of sp³-hybridized carbons (Fsp3) is 0.500. The highest BCUT2D eigenvalue weighted by molar-refractivity contribution is 6.32. The fourth-order valence-corrected chi connectivity index (χ4v) is 3.04. The van der Waals surface area contributed by atoms with Crippen molar-refractivity contribution < 1.29 is 13.9 Å². The Kier molecular flexibility index (Phi) is 6.34. The van der Waals surface area contributed by atoms with Crippen molar-refractivity contribution in [2.45, 2.75) is 39.2 Å². The predicted octanol–water partition coefficient (Wildman–Crippen LogP) is 3.30. The van der Waals surface area contributed by atoms with E-state index in [1.807, 2.05) is 12.1 Å². The van der Waals surface area contributed by atoms with Crippen molar-refractivity contribution in [2.75, 3.05) is 26.8 Å². The van der Waals surface area contributed by atoms with Crippen LogP contribution in [0.25, 0.3) is 0 Å². The Labute approximate surface area is 170 Å². The van der Waals surface area contributed by atoms with Gasteiger partial charge in [-0.25, -0.2) is 4.98 Å².